The van der Waals surface area contributed by atoms with Crippen molar-refractivity contribution in [2.24, 2.45) is 0 Å². The van der Waals surface area contributed by atoms with Crippen LogP contribution in [0.1, 0.15) is 23.5 Å². The molecule has 1 aliphatic rings. The third-order valence-corrected chi connectivity index (χ3v) is 6.12. The van der Waals surface area contributed by atoms with Crippen LogP contribution in [0.25, 0.3) is 10.8 Å². The van der Waals surface area contributed by atoms with Crippen molar-refractivity contribution >= 4 is 34.4 Å². The largest absolute Gasteiger partial charge is 0.460 e. The van der Waals surface area contributed by atoms with Crippen molar-refractivity contribution in [2.45, 2.75) is 18.9 Å². The number of hydrogen-bond donors (Lipinski definition) is 1. The van der Waals surface area contributed by atoms with Crippen molar-refractivity contribution in [3.8, 4) is 6.07 Å². The van der Waals surface area contributed by atoms with Gasteiger partial charge in [0.05, 0.1) is 22.4 Å². The zero-order chi connectivity index (χ0) is 21.6. The number of ether oxygens (including phenoxy) is 1. The van der Waals surface area contributed by atoms with Crippen LogP contribution in [0.15, 0.2) is 83.4 Å². The van der Waals surface area contributed by atoms with Crippen LogP contribution in [0.2, 0.25) is 0 Å². The Labute approximate surface area is 184 Å². The number of benzene rings is 3. The summed E-state index contributed by atoms with van der Waals surface area (Å²) in [5.41, 5.74) is 2.31. The monoisotopic (exact) mass is 428 g/mol. The van der Waals surface area contributed by atoms with Gasteiger partial charge >= 0.3 is 5.97 Å². The number of rotatable bonds is 6. The molecule has 0 aromatic heterocycles. The first-order chi connectivity index (χ1) is 15.2. The quantitative estimate of drug-likeness (QED) is 0.578. The van der Waals surface area contributed by atoms with E-state index in [-0.39, 0.29) is 30.6 Å². The highest BCUT2D eigenvalue weighted by molar-refractivity contribution is 8.03. The van der Waals surface area contributed by atoms with E-state index in [1.54, 1.807) is 0 Å². The number of allylic oxidation sites excluding steroid dienone is 1. The van der Waals surface area contributed by atoms with Crippen molar-refractivity contribution in [1.82, 2.24) is 5.32 Å². The maximum atomic E-state index is 12.4. The Morgan fingerprint density at radius 1 is 1.06 bits per heavy atom. The van der Waals surface area contributed by atoms with Gasteiger partial charge in [0, 0.05) is 12.3 Å². The maximum Gasteiger partial charge on any atom is 0.316 e. The van der Waals surface area contributed by atoms with E-state index in [1.165, 1.54) is 0 Å². The summed E-state index contributed by atoms with van der Waals surface area (Å²) in [6.07, 6.45) is 0.194. The summed E-state index contributed by atoms with van der Waals surface area (Å²) in [5.74, 6) is -0.916. The Kier molecular flexibility index (Phi) is 6.34. The second-order valence-corrected chi connectivity index (χ2v) is 8.15. The fourth-order valence-corrected chi connectivity index (χ4v) is 4.54. The molecule has 0 saturated heterocycles. The molecule has 0 fully saturated rings. The van der Waals surface area contributed by atoms with E-state index in [9.17, 15) is 14.9 Å². The molecule has 1 heterocycles. The van der Waals surface area contributed by atoms with Crippen LogP contribution in [0.4, 0.5) is 0 Å². The third kappa shape index (κ3) is 4.79. The summed E-state index contributed by atoms with van der Waals surface area (Å²) in [6, 6.07) is 25.5. The molecule has 154 valence electrons. The fourth-order valence-electron chi connectivity index (χ4n) is 3.66. The fraction of sp³-hybridized carbons (Fsp3) is 0.160. The van der Waals surface area contributed by atoms with Gasteiger partial charge in [0.25, 0.3) is 0 Å². The van der Waals surface area contributed by atoms with Gasteiger partial charge in [0.1, 0.15) is 6.61 Å². The normalized spacial score (nSPS) is 16.0. The molecule has 3 aromatic rings. The van der Waals surface area contributed by atoms with Gasteiger partial charge in [-0.05, 0) is 21.9 Å². The lowest BCUT2D eigenvalue weighted by Crippen LogP contribution is -2.31. The molecule has 0 saturated carbocycles. The second-order valence-electron chi connectivity index (χ2n) is 7.16. The van der Waals surface area contributed by atoms with Crippen LogP contribution in [0, 0.1) is 11.3 Å². The topological polar surface area (TPSA) is 79.2 Å². The minimum absolute atomic E-state index is 0.00981. The molecule has 0 unspecified atom stereocenters. The van der Waals surface area contributed by atoms with Gasteiger partial charge in [0.15, 0.2) is 0 Å². The van der Waals surface area contributed by atoms with Crippen LogP contribution >= 0.6 is 11.8 Å². The first-order valence-corrected chi connectivity index (χ1v) is 10.9. The Bertz CT molecular complexity index is 1190. The van der Waals surface area contributed by atoms with Crippen LogP contribution in [0.3, 0.4) is 0 Å². The molecule has 4 rings (SSSR count). The zero-order valence-electron chi connectivity index (χ0n) is 16.7. The Morgan fingerprint density at radius 2 is 1.81 bits per heavy atom. The molecular weight excluding hydrogens is 408 g/mol. The standard InChI is InChI=1S/C25H20N2O3S/c26-14-22-21(20-12-6-10-18-9-4-5-11-19(18)20)13-23(28)27-25(22)31-16-24(29)30-15-17-7-2-1-3-8-17/h1-12,21H,13,15-16H2,(H,27,28)/t21-/m1/s1. The summed E-state index contributed by atoms with van der Waals surface area (Å²) >= 11 is 1.13. The number of nitrogens with zero attached hydrogens (tertiary/aromatic N) is 1. The number of carbonyl (C=O) groups is 2. The van der Waals surface area contributed by atoms with Gasteiger partial charge in [-0.15, -0.1) is 0 Å². The molecule has 6 heteroatoms. The van der Waals surface area contributed by atoms with Gasteiger partial charge in [-0.3, -0.25) is 9.59 Å². The molecule has 1 aliphatic heterocycles. The van der Waals surface area contributed by atoms with E-state index >= 15 is 0 Å². The van der Waals surface area contributed by atoms with Gasteiger partial charge < -0.3 is 10.1 Å². The molecule has 1 amide bonds. The first-order valence-electron chi connectivity index (χ1n) is 9.90. The number of fused-ring (bicyclic) bond motifs is 1. The Hall–Kier alpha value is -3.56. The number of hydrogen-bond acceptors (Lipinski definition) is 5. The molecule has 0 radical (unpaired) electrons. The van der Waals surface area contributed by atoms with Crippen molar-refractivity contribution in [2.75, 3.05) is 5.75 Å². The van der Waals surface area contributed by atoms with Gasteiger partial charge in [-0.2, -0.15) is 5.26 Å². The highest BCUT2D eigenvalue weighted by atomic mass is 32.2. The van der Waals surface area contributed by atoms with Crippen molar-refractivity contribution < 1.29 is 14.3 Å². The summed E-state index contributed by atoms with van der Waals surface area (Å²) in [5, 5.41) is 15.1. The zero-order valence-corrected chi connectivity index (χ0v) is 17.5. The van der Waals surface area contributed by atoms with Crippen molar-refractivity contribution in [3.05, 3.63) is 94.5 Å². The number of esters is 1. The van der Waals surface area contributed by atoms with E-state index in [2.05, 4.69) is 11.4 Å². The van der Waals surface area contributed by atoms with Gasteiger partial charge in [-0.25, -0.2) is 0 Å². The average molecular weight is 429 g/mol. The van der Waals surface area contributed by atoms with E-state index in [0.717, 1.165) is 33.7 Å². The summed E-state index contributed by atoms with van der Waals surface area (Å²) in [7, 11) is 0. The Balaban J connectivity index is 1.53. The van der Waals surface area contributed by atoms with E-state index in [0.29, 0.717) is 10.6 Å². The van der Waals surface area contributed by atoms with Crippen molar-refractivity contribution in [1.29, 1.82) is 5.26 Å². The predicted molar refractivity (Wildman–Crippen MR) is 121 cm³/mol. The van der Waals surface area contributed by atoms with Crippen molar-refractivity contribution in [3.63, 3.8) is 0 Å². The highest BCUT2D eigenvalue weighted by Crippen LogP contribution is 2.38. The molecule has 0 aliphatic carbocycles. The van der Waals surface area contributed by atoms with Crippen LogP contribution in [-0.2, 0) is 20.9 Å². The predicted octanol–water partition coefficient (Wildman–Crippen LogP) is 4.66. The summed E-state index contributed by atoms with van der Waals surface area (Å²) in [4.78, 5) is 24.6. The SMILES string of the molecule is N#CC1=C(SCC(=O)OCc2ccccc2)NC(=O)C[C@@H]1c1cccc2ccccc12. The minimum atomic E-state index is -0.403. The Morgan fingerprint density at radius 3 is 2.61 bits per heavy atom. The highest BCUT2D eigenvalue weighted by Gasteiger charge is 2.30. The molecule has 1 N–H and O–H groups in total. The lowest BCUT2D eigenvalue weighted by atomic mass is 9.84. The van der Waals surface area contributed by atoms with Crippen LogP contribution < -0.4 is 5.32 Å². The lowest BCUT2D eigenvalue weighted by Gasteiger charge is -2.26. The second kappa shape index (κ2) is 9.50. The number of carbonyl (C=O) groups excluding carboxylic acids is 2. The molecule has 3 aromatic carbocycles. The third-order valence-electron chi connectivity index (χ3n) is 5.13. The summed E-state index contributed by atoms with van der Waals surface area (Å²) < 4.78 is 5.31. The molecule has 0 bridgehead atoms. The van der Waals surface area contributed by atoms with E-state index in [4.69, 9.17) is 4.74 Å². The number of nitrogens with one attached hydrogen (secondary N) is 1. The van der Waals surface area contributed by atoms with E-state index in [1.807, 2.05) is 72.8 Å². The van der Waals surface area contributed by atoms with E-state index < -0.39 is 5.97 Å². The number of amides is 1. The molecule has 31 heavy (non-hydrogen) atoms. The lowest BCUT2D eigenvalue weighted by molar-refractivity contribution is -0.141. The molecular formula is C25H20N2O3S. The minimum Gasteiger partial charge on any atom is -0.460 e. The average Bonchev–Trinajstić information content (AvgIpc) is 2.81. The first kappa shape index (κ1) is 20.7. The smallest absolute Gasteiger partial charge is 0.316 e. The number of nitriles is 1. The van der Waals surface area contributed by atoms with Crippen LogP contribution in [0.5, 0.6) is 0 Å². The maximum absolute atomic E-state index is 12.4. The molecule has 5 nitrogen and oxygen atoms in total. The van der Waals surface area contributed by atoms with Gasteiger partial charge in [0.2, 0.25) is 5.91 Å². The van der Waals surface area contributed by atoms with Crippen LogP contribution in [-0.4, -0.2) is 17.6 Å². The molecule has 0 spiro atoms. The van der Waals surface area contributed by atoms with Gasteiger partial charge in [-0.1, -0.05) is 84.6 Å². The molecule has 1 atom stereocenters. The summed E-state index contributed by atoms with van der Waals surface area (Å²) in [6.45, 7) is 0.190. The number of thioether (sulfide) groups is 1.